The van der Waals surface area contributed by atoms with Crippen LogP contribution in [0.25, 0.3) is 16.7 Å². The summed E-state index contributed by atoms with van der Waals surface area (Å²) in [7, 11) is 0. The molecule has 164 valence electrons. The first-order valence-corrected chi connectivity index (χ1v) is 11.9. The van der Waals surface area contributed by atoms with Crippen LogP contribution in [-0.2, 0) is 0 Å². The second kappa shape index (κ2) is 8.70. The SMILES string of the molecule is CCC(C)c1nc(N2CCN(C(=O)c3cccs3)CC2)c2cnn(-c3ccccc3)c2n1. The highest BCUT2D eigenvalue weighted by molar-refractivity contribution is 7.12. The van der Waals surface area contributed by atoms with E-state index in [1.165, 1.54) is 11.3 Å². The highest BCUT2D eigenvalue weighted by Gasteiger charge is 2.26. The van der Waals surface area contributed by atoms with Gasteiger partial charge in [0.05, 0.1) is 22.1 Å². The fraction of sp³-hybridized carbons (Fsp3) is 0.333. The van der Waals surface area contributed by atoms with Gasteiger partial charge in [-0.25, -0.2) is 14.6 Å². The van der Waals surface area contributed by atoms with E-state index < -0.39 is 0 Å². The van der Waals surface area contributed by atoms with E-state index in [-0.39, 0.29) is 11.8 Å². The first-order valence-electron chi connectivity index (χ1n) is 11.0. The molecule has 0 aliphatic carbocycles. The molecule has 1 saturated heterocycles. The third-order valence-corrected chi connectivity index (χ3v) is 6.94. The van der Waals surface area contributed by atoms with Crippen LogP contribution in [0.15, 0.2) is 54.0 Å². The standard InChI is InChI=1S/C24H26N6OS/c1-3-17(2)21-26-22(19-16-25-30(23(19)27-21)18-8-5-4-6-9-18)28-11-13-29(14-12-28)24(31)20-10-7-15-32-20/h4-10,15-17H,3,11-14H2,1-2H3. The summed E-state index contributed by atoms with van der Waals surface area (Å²) in [5.74, 6) is 2.11. The molecule has 32 heavy (non-hydrogen) atoms. The summed E-state index contributed by atoms with van der Waals surface area (Å²) >= 11 is 1.50. The molecule has 3 aromatic heterocycles. The number of hydrogen-bond acceptors (Lipinski definition) is 6. The van der Waals surface area contributed by atoms with E-state index in [2.05, 4.69) is 23.8 Å². The highest BCUT2D eigenvalue weighted by atomic mass is 32.1. The maximum atomic E-state index is 12.7. The molecule has 1 amide bonds. The first-order chi connectivity index (χ1) is 15.7. The number of fused-ring (bicyclic) bond motifs is 1. The number of para-hydroxylation sites is 1. The molecule has 0 saturated carbocycles. The molecule has 0 N–H and O–H groups in total. The van der Waals surface area contributed by atoms with Crippen molar-refractivity contribution in [3.05, 3.63) is 64.7 Å². The van der Waals surface area contributed by atoms with Crippen molar-refractivity contribution < 1.29 is 4.79 Å². The molecule has 1 unspecified atom stereocenters. The van der Waals surface area contributed by atoms with Gasteiger partial charge in [-0.3, -0.25) is 4.79 Å². The lowest BCUT2D eigenvalue weighted by molar-refractivity contribution is 0.0751. The van der Waals surface area contributed by atoms with Crippen LogP contribution in [0, 0.1) is 0 Å². The fourth-order valence-electron chi connectivity index (χ4n) is 3.99. The smallest absolute Gasteiger partial charge is 0.264 e. The minimum absolute atomic E-state index is 0.115. The van der Waals surface area contributed by atoms with E-state index in [1.54, 1.807) is 0 Å². The number of piperazine rings is 1. The molecule has 4 heterocycles. The predicted octanol–water partition coefficient (Wildman–Crippen LogP) is 4.35. The fourth-order valence-corrected chi connectivity index (χ4v) is 4.68. The molecule has 5 rings (SSSR count). The minimum Gasteiger partial charge on any atom is -0.352 e. The lowest BCUT2D eigenvalue weighted by Gasteiger charge is -2.35. The van der Waals surface area contributed by atoms with Crippen molar-refractivity contribution >= 4 is 34.1 Å². The van der Waals surface area contributed by atoms with Gasteiger partial charge in [0.2, 0.25) is 0 Å². The molecule has 0 bridgehead atoms. The number of thiophene rings is 1. The molecule has 1 aliphatic rings. The normalized spacial score (nSPS) is 15.3. The zero-order chi connectivity index (χ0) is 22.1. The Labute approximate surface area is 191 Å². The second-order valence-electron chi connectivity index (χ2n) is 8.10. The van der Waals surface area contributed by atoms with E-state index in [4.69, 9.17) is 9.97 Å². The molecule has 1 fully saturated rings. The lowest BCUT2D eigenvalue weighted by Crippen LogP contribution is -2.49. The van der Waals surface area contributed by atoms with E-state index in [1.807, 2.05) is 63.6 Å². The zero-order valence-electron chi connectivity index (χ0n) is 18.3. The number of anilines is 1. The Bertz CT molecular complexity index is 1210. The van der Waals surface area contributed by atoms with Gasteiger partial charge in [-0.05, 0) is 30.0 Å². The van der Waals surface area contributed by atoms with Crippen molar-refractivity contribution in [3.63, 3.8) is 0 Å². The van der Waals surface area contributed by atoms with Crippen molar-refractivity contribution in [2.75, 3.05) is 31.1 Å². The van der Waals surface area contributed by atoms with E-state index in [9.17, 15) is 4.79 Å². The maximum absolute atomic E-state index is 12.7. The number of hydrogen-bond donors (Lipinski definition) is 0. The molecule has 8 heteroatoms. The van der Waals surface area contributed by atoms with Crippen molar-refractivity contribution in [2.45, 2.75) is 26.2 Å². The molecule has 0 spiro atoms. The highest BCUT2D eigenvalue weighted by Crippen LogP contribution is 2.29. The Morgan fingerprint density at radius 3 is 2.53 bits per heavy atom. The summed E-state index contributed by atoms with van der Waals surface area (Å²) in [6, 6.07) is 13.9. The van der Waals surface area contributed by atoms with Gasteiger partial charge in [-0.15, -0.1) is 11.3 Å². The summed E-state index contributed by atoms with van der Waals surface area (Å²) in [5, 5.41) is 7.54. The van der Waals surface area contributed by atoms with Crippen molar-refractivity contribution in [1.82, 2.24) is 24.6 Å². The lowest BCUT2D eigenvalue weighted by atomic mass is 10.1. The van der Waals surface area contributed by atoms with Gasteiger partial charge in [0.25, 0.3) is 5.91 Å². The molecular formula is C24H26N6OS. The predicted molar refractivity (Wildman–Crippen MR) is 128 cm³/mol. The molecule has 1 atom stereocenters. The Balaban J connectivity index is 1.48. The van der Waals surface area contributed by atoms with Crippen LogP contribution in [0.1, 0.15) is 41.7 Å². The van der Waals surface area contributed by atoms with E-state index >= 15 is 0 Å². The molecule has 7 nitrogen and oxygen atoms in total. The summed E-state index contributed by atoms with van der Waals surface area (Å²) in [4.78, 5) is 27.6. The summed E-state index contributed by atoms with van der Waals surface area (Å²) < 4.78 is 1.89. The summed E-state index contributed by atoms with van der Waals surface area (Å²) in [5.41, 5.74) is 1.81. The van der Waals surface area contributed by atoms with Gasteiger partial charge < -0.3 is 9.80 Å². The van der Waals surface area contributed by atoms with Crippen LogP contribution in [0.5, 0.6) is 0 Å². The minimum atomic E-state index is 0.115. The third kappa shape index (κ3) is 3.75. The second-order valence-corrected chi connectivity index (χ2v) is 9.05. The van der Waals surface area contributed by atoms with Crippen LogP contribution in [0.4, 0.5) is 5.82 Å². The Morgan fingerprint density at radius 1 is 1.06 bits per heavy atom. The summed E-state index contributed by atoms with van der Waals surface area (Å²) in [6.45, 7) is 7.13. The van der Waals surface area contributed by atoms with Gasteiger partial charge in [0.1, 0.15) is 11.6 Å². The average Bonchev–Trinajstić information content (AvgIpc) is 3.53. The number of aromatic nitrogens is 4. The van der Waals surface area contributed by atoms with Crippen molar-refractivity contribution in [1.29, 1.82) is 0 Å². The number of carbonyl (C=O) groups excluding carboxylic acids is 1. The maximum Gasteiger partial charge on any atom is 0.264 e. The van der Waals surface area contributed by atoms with Gasteiger partial charge in [-0.2, -0.15) is 5.10 Å². The van der Waals surface area contributed by atoms with Gasteiger partial charge >= 0.3 is 0 Å². The van der Waals surface area contributed by atoms with E-state index in [0.717, 1.165) is 52.8 Å². The van der Waals surface area contributed by atoms with Crippen molar-refractivity contribution in [3.8, 4) is 5.69 Å². The third-order valence-electron chi connectivity index (χ3n) is 6.08. The van der Waals surface area contributed by atoms with Crippen LogP contribution in [-0.4, -0.2) is 56.7 Å². The Morgan fingerprint density at radius 2 is 1.84 bits per heavy atom. The Hall–Kier alpha value is -3.26. The van der Waals surface area contributed by atoms with Crippen LogP contribution in [0.2, 0.25) is 0 Å². The largest absolute Gasteiger partial charge is 0.352 e. The summed E-state index contributed by atoms with van der Waals surface area (Å²) in [6.07, 6.45) is 2.83. The quantitative estimate of drug-likeness (QED) is 0.456. The van der Waals surface area contributed by atoms with E-state index in [0.29, 0.717) is 13.1 Å². The monoisotopic (exact) mass is 446 g/mol. The molecule has 1 aliphatic heterocycles. The van der Waals surface area contributed by atoms with Gasteiger partial charge in [0, 0.05) is 32.1 Å². The number of carbonyl (C=O) groups is 1. The molecular weight excluding hydrogens is 420 g/mol. The van der Waals surface area contributed by atoms with Gasteiger partial charge in [0.15, 0.2) is 5.65 Å². The van der Waals surface area contributed by atoms with Crippen molar-refractivity contribution in [2.24, 2.45) is 0 Å². The molecule has 0 radical (unpaired) electrons. The van der Waals surface area contributed by atoms with Crippen LogP contribution < -0.4 is 4.90 Å². The number of rotatable bonds is 5. The zero-order valence-corrected chi connectivity index (χ0v) is 19.1. The number of benzene rings is 1. The number of amides is 1. The van der Waals surface area contributed by atoms with Gasteiger partial charge in [-0.1, -0.05) is 38.1 Å². The Kier molecular flexibility index (Phi) is 5.61. The average molecular weight is 447 g/mol. The van der Waals surface area contributed by atoms with Crippen LogP contribution >= 0.6 is 11.3 Å². The van der Waals surface area contributed by atoms with Crippen LogP contribution in [0.3, 0.4) is 0 Å². The first kappa shape index (κ1) is 20.6. The number of nitrogens with zero attached hydrogens (tertiary/aromatic N) is 6. The topological polar surface area (TPSA) is 67.2 Å². The molecule has 1 aromatic carbocycles. The molecule has 4 aromatic rings.